The molecule has 2 aromatic heterocycles. The summed E-state index contributed by atoms with van der Waals surface area (Å²) in [6.45, 7) is 3.71. The average Bonchev–Trinajstić information content (AvgIpc) is 3.35. The van der Waals surface area contributed by atoms with Gasteiger partial charge in [-0.1, -0.05) is 29.5 Å². The van der Waals surface area contributed by atoms with E-state index in [0.717, 1.165) is 0 Å². The van der Waals surface area contributed by atoms with Crippen LogP contribution in [0.5, 0.6) is 5.75 Å². The quantitative estimate of drug-likeness (QED) is 0.588. The summed E-state index contributed by atoms with van der Waals surface area (Å²) in [5.41, 5.74) is 1.25. The highest BCUT2D eigenvalue weighted by molar-refractivity contribution is 7.07. The Bertz CT molecular complexity index is 1300. The molecule has 0 aliphatic carbocycles. The number of fused-ring (bicyclic) bond motifs is 1. The van der Waals surface area contributed by atoms with Crippen LogP contribution in [-0.2, 0) is 9.53 Å². The number of benzene rings is 1. The number of thiazole rings is 1. The largest absolute Gasteiger partial charge is 0.496 e. The molecule has 0 radical (unpaired) electrons. The molecule has 0 amide bonds. The topological polar surface area (TPSA) is 83.0 Å². The average molecular weight is 424 g/mol. The Morgan fingerprint density at radius 2 is 2.10 bits per heavy atom. The minimum absolute atomic E-state index is 0.219. The van der Waals surface area contributed by atoms with Crippen LogP contribution in [0.1, 0.15) is 31.2 Å². The second kappa shape index (κ2) is 8.16. The minimum Gasteiger partial charge on any atom is -0.496 e. The third-order valence-corrected chi connectivity index (χ3v) is 5.75. The molecule has 0 fully saturated rings. The third kappa shape index (κ3) is 3.39. The van der Waals surface area contributed by atoms with Crippen LogP contribution in [0.3, 0.4) is 0 Å². The summed E-state index contributed by atoms with van der Waals surface area (Å²) in [4.78, 5) is 31.3. The number of hydrogen-bond acceptors (Lipinski definition) is 7. The van der Waals surface area contributed by atoms with E-state index in [9.17, 15) is 9.59 Å². The number of ether oxygens (including phenoxy) is 2. The lowest BCUT2D eigenvalue weighted by molar-refractivity contribution is -0.139. The zero-order valence-corrected chi connectivity index (χ0v) is 17.6. The van der Waals surface area contributed by atoms with Gasteiger partial charge in [-0.3, -0.25) is 9.36 Å². The van der Waals surface area contributed by atoms with Gasteiger partial charge in [-0.2, -0.15) is 0 Å². The van der Waals surface area contributed by atoms with Gasteiger partial charge in [0.25, 0.3) is 5.56 Å². The molecule has 0 bridgehead atoms. The summed E-state index contributed by atoms with van der Waals surface area (Å²) in [6, 6.07) is 10.1. The molecule has 30 heavy (non-hydrogen) atoms. The summed E-state index contributed by atoms with van der Waals surface area (Å²) in [7, 11) is 1.56. The maximum atomic E-state index is 13.4. The molecule has 3 aromatic rings. The molecule has 1 aliphatic heterocycles. The maximum Gasteiger partial charge on any atom is 0.338 e. The van der Waals surface area contributed by atoms with Gasteiger partial charge in [0, 0.05) is 11.6 Å². The zero-order chi connectivity index (χ0) is 21.3. The standard InChI is InChI=1S/C22H20N2O5S/c1-4-28-21(26)18-13(2)23-22-24(19(18)15-9-5-6-10-16(15)27-3)20(25)17(30-22)12-14-8-7-11-29-14/h5-12,19H,4H2,1-3H3/b17-12-/t19-/m1/s1. The second-order valence-electron chi connectivity index (χ2n) is 6.56. The van der Waals surface area contributed by atoms with Crippen LogP contribution in [0.2, 0.25) is 0 Å². The van der Waals surface area contributed by atoms with Crippen molar-refractivity contribution in [3.05, 3.63) is 84.9 Å². The first-order valence-corrected chi connectivity index (χ1v) is 10.2. The number of furan rings is 1. The van der Waals surface area contributed by atoms with Gasteiger partial charge in [0.2, 0.25) is 0 Å². The highest BCUT2D eigenvalue weighted by Crippen LogP contribution is 2.35. The molecule has 3 heterocycles. The lowest BCUT2D eigenvalue weighted by atomic mass is 9.95. The van der Waals surface area contributed by atoms with Gasteiger partial charge in [0.15, 0.2) is 4.80 Å². The van der Waals surface area contributed by atoms with Crippen molar-refractivity contribution in [3.63, 3.8) is 0 Å². The highest BCUT2D eigenvalue weighted by Gasteiger charge is 2.34. The molecule has 1 aromatic carbocycles. The molecule has 8 heteroatoms. The first kappa shape index (κ1) is 19.9. The normalized spacial score (nSPS) is 16.2. The van der Waals surface area contributed by atoms with Crippen molar-refractivity contribution in [2.75, 3.05) is 13.7 Å². The fraction of sp³-hybridized carbons (Fsp3) is 0.227. The molecule has 0 saturated carbocycles. The van der Waals surface area contributed by atoms with Crippen molar-refractivity contribution in [3.8, 4) is 5.75 Å². The van der Waals surface area contributed by atoms with Crippen LogP contribution in [0.15, 0.2) is 68.1 Å². The van der Waals surface area contributed by atoms with Crippen molar-refractivity contribution in [1.29, 1.82) is 0 Å². The van der Waals surface area contributed by atoms with Crippen molar-refractivity contribution >= 4 is 23.4 Å². The summed E-state index contributed by atoms with van der Waals surface area (Å²) >= 11 is 1.24. The Labute approximate surface area is 176 Å². The molecule has 1 atom stereocenters. The van der Waals surface area contributed by atoms with E-state index in [-0.39, 0.29) is 12.2 Å². The number of allylic oxidation sites excluding steroid dienone is 1. The van der Waals surface area contributed by atoms with Crippen LogP contribution in [-0.4, -0.2) is 24.3 Å². The van der Waals surface area contributed by atoms with E-state index in [1.54, 1.807) is 51.5 Å². The van der Waals surface area contributed by atoms with Crippen molar-refractivity contribution < 1.29 is 18.7 Å². The molecule has 0 unspecified atom stereocenters. The van der Waals surface area contributed by atoms with Crippen LogP contribution in [0.25, 0.3) is 6.08 Å². The van der Waals surface area contributed by atoms with Gasteiger partial charge in [0.05, 0.1) is 35.8 Å². The van der Waals surface area contributed by atoms with Gasteiger partial charge in [-0.25, -0.2) is 9.79 Å². The first-order chi connectivity index (χ1) is 14.5. The fourth-order valence-electron chi connectivity index (χ4n) is 3.48. The predicted octanol–water partition coefficient (Wildman–Crippen LogP) is 2.40. The monoisotopic (exact) mass is 424 g/mol. The van der Waals surface area contributed by atoms with Gasteiger partial charge in [0.1, 0.15) is 17.6 Å². The lowest BCUT2D eigenvalue weighted by Crippen LogP contribution is -2.40. The van der Waals surface area contributed by atoms with Crippen molar-refractivity contribution in [2.24, 2.45) is 4.99 Å². The van der Waals surface area contributed by atoms with E-state index in [0.29, 0.717) is 37.7 Å². The van der Waals surface area contributed by atoms with Gasteiger partial charge in [-0.05, 0) is 32.0 Å². The van der Waals surface area contributed by atoms with Gasteiger partial charge >= 0.3 is 5.97 Å². The number of carbonyl (C=O) groups excluding carboxylic acids is 1. The van der Waals surface area contributed by atoms with E-state index in [2.05, 4.69) is 4.99 Å². The Morgan fingerprint density at radius 3 is 2.80 bits per heavy atom. The minimum atomic E-state index is -0.713. The Kier molecular flexibility index (Phi) is 5.41. The molecule has 0 spiro atoms. The zero-order valence-electron chi connectivity index (χ0n) is 16.7. The van der Waals surface area contributed by atoms with E-state index in [1.165, 1.54) is 15.9 Å². The van der Waals surface area contributed by atoms with Crippen molar-refractivity contribution in [2.45, 2.75) is 19.9 Å². The molecule has 0 saturated heterocycles. The number of nitrogens with zero attached hydrogens (tertiary/aromatic N) is 2. The van der Waals surface area contributed by atoms with Gasteiger partial charge < -0.3 is 13.9 Å². The molecular formula is C22H20N2O5S. The molecule has 0 N–H and O–H groups in total. The number of aromatic nitrogens is 1. The molecule has 4 rings (SSSR count). The van der Waals surface area contributed by atoms with Gasteiger partial charge in [-0.15, -0.1) is 0 Å². The number of esters is 1. The van der Waals surface area contributed by atoms with Crippen LogP contribution in [0, 0.1) is 0 Å². The highest BCUT2D eigenvalue weighted by atomic mass is 32.1. The number of hydrogen-bond donors (Lipinski definition) is 0. The van der Waals surface area contributed by atoms with E-state index in [4.69, 9.17) is 13.9 Å². The summed E-state index contributed by atoms with van der Waals surface area (Å²) in [6.07, 6.45) is 3.22. The molecule has 7 nitrogen and oxygen atoms in total. The second-order valence-corrected chi connectivity index (χ2v) is 7.57. The van der Waals surface area contributed by atoms with Crippen LogP contribution in [0.4, 0.5) is 0 Å². The summed E-state index contributed by atoms with van der Waals surface area (Å²) in [5.74, 6) is 0.630. The van der Waals surface area contributed by atoms with Crippen LogP contribution < -0.4 is 19.6 Å². The first-order valence-electron chi connectivity index (χ1n) is 9.41. The maximum absolute atomic E-state index is 13.4. The smallest absolute Gasteiger partial charge is 0.338 e. The van der Waals surface area contributed by atoms with E-state index in [1.807, 2.05) is 18.2 Å². The summed E-state index contributed by atoms with van der Waals surface area (Å²) in [5, 5.41) is 0. The number of para-hydroxylation sites is 1. The Hall–Kier alpha value is -3.39. The predicted molar refractivity (Wildman–Crippen MR) is 112 cm³/mol. The van der Waals surface area contributed by atoms with E-state index < -0.39 is 12.0 Å². The fourth-order valence-corrected chi connectivity index (χ4v) is 4.51. The molecular weight excluding hydrogens is 404 g/mol. The van der Waals surface area contributed by atoms with Crippen LogP contribution >= 0.6 is 11.3 Å². The van der Waals surface area contributed by atoms with Crippen molar-refractivity contribution in [1.82, 2.24) is 4.57 Å². The summed E-state index contributed by atoms with van der Waals surface area (Å²) < 4.78 is 18.2. The lowest BCUT2D eigenvalue weighted by Gasteiger charge is -2.25. The van der Waals surface area contributed by atoms with E-state index >= 15 is 0 Å². The SMILES string of the molecule is CCOC(=O)C1=C(C)N=c2s/c(=C\c3ccco3)c(=O)n2[C@@H]1c1ccccc1OC. The number of methoxy groups -OCH3 is 1. The molecule has 154 valence electrons. The Balaban J connectivity index is 2.01. The number of rotatable bonds is 5. The Morgan fingerprint density at radius 1 is 1.30 bits per heavy atom. The third-order valence-electron chi connectivity index (χ3n) is 4.77. The molecule has 1 aliphatic rings. The number of carbonyl (C=O) groups is 1.